The zero-order valence-corrected chi connectivity index (χ0v) is 12.3. The molecule has 0 spiro atoms. The Bertz CT molecular complexity index is 499. The summed E-state index contributed by atoms with van der Waals surface area (Å²) in [5.41, 5.74) is 4.49. The molecule has 1 atom stereocenters. The van der Waals surface area contributed by atoms with Gasteiger partial charge in [0.1, 0.15) is 0 Å². The first kappa shape index (κ1) is 12.7. The third-order valence-electron chi connectivity index (χ3n) is 2.96. The summed E-state index contributed by atoms with van der Waals surface area (Å²) in [7, 11) is 0. The molecule has 2 nitrogen and oxygen atoms in total. The summed E-state index contributed by atoms with van der Waals surface area (Å²) >= 11 is 3.60. The maximum atomic E-state index is 4.27. The first-order valence-corrected chi connectivity index (χ1v) is 7.47. The number of thiazole rings is 1. The Morgan fingerprint density at radius 1 is 1.35 bits per heavy atom. The Hall–Kier alpha value is -0.710. The van der Waals surface area contributed by atoms with Crippen molar-refractivity contribution in [3.05, 3.63) is 37.5 Å². The zero-order valence-electron chi connectivity index (χ0n) is 10.7. The first-order chi connectivity index (χ1) is 8.08. The quantitative estimate of drug-likeness (QED) is 0.905. The molecule has 2 rings (SSSR count). The third kappa shape index (κ3) is 2.94. The molecule has 4 heteroatoms. The molecule has 0 saturated heterocycles. The molecule has 2 heterocycles. The molecule has 2 aromatic rings. The van der Waals surface area contributed by atoms with Gasteiger partial charge in [-0.3, -0.25) is 0 Å². The number of thiophene rings is 1. The molecule has 17 heavy (non-hydrogen) atoms. The van der Waals surface area contributed by atoms with Gasteiger partial charge in [0.05, 0.1) is 11.2 Å². The van der Waals surface area contributed by atoms with Crippen LogP contribution in [-0.4, -0.2) is 4.98 Å². The lowest BCUT2D eigenvalue weighted by Crippen LogP contribution is -2.18. The molecule has 0 aromatic carbocycles. The van der Waals surface area contributed by atoms with Crippen LogP contribution in [0.1, 0.15) is 38.9 Å². The normalized spacial score (nSPS) is 12.9. The van der Waals surface area contributed by atoms with E-state index in [2.05, 4.69) is 44.1 Å². The van der Waals surface area contributed by atoms with Gasteiger partial charge in [0.15, 0.2) is 0 Å². The van der Waals surface area contributed by atoms with Gasteiger partial charge < -0.3 is 5.32 Å². The summed E-state index contributed by atoms with van der Waals surface area (Å²) in [6.45, 7) is 9.57. The van der Waals surface area contributed by atoms with Crippen LogP contribution in [0.25, 0.3) is 0 Å². The van der Waals surface area contributed by atoms with Crippen LogP contribution < -0.4 is 5.32 Å². The Morgan fingerprint density at radius 2 is 2.12 bits per heavy atom. The largest absolute Gasteiger partial charge is 0.305 e. The summed E-state index contributed by atoms with van der Waals surface area (Å²) in [6, 6.07) is 2.69. The minimum atomic E-state index is 0.404. The van der Waals surface area contributed by atoms with E-state index < -0.39 is 0 Å². The predicted octanol–water partition coefficient (Wildman–Crippen LogP) is 3.98. The maximum absolute atomic E-state index is 4.27. The summed E-state index contributed by atoms with van der Waals surface area (Å²) in [6.07, 6.45) is 0. The van der Waals surface area contributed by atoms with Gasteiger partial charge in [-0.05, 0) is 39.3 Å². The Kier molecular flexibility index (Phi) is 3.97. The van der Waals surface area contributed by atoms with E-state index in [9.17, 15) is 0 Å². The number of hydrogen-bond donors (Lipinski definition) is 1. The van der Waals surface area contributed by atoms with Crippen LogP contribution >= 0.6 is 22.7 Å². The van der Waals surface area contributed by atoms with Gasteiger partial charge in [-0.2, -0.15) is 0 Å². The molecule has 0 saturated carbocycles. The standard InChI is InChI=1S/C13H18N2S2/c1-8-5-12(11(4)17-8)9(2)14-6-13-10(3)15-7-16-13/h5,7,9,14H,6H2,1-4H3. The Labute approximate surface area is 111 Å². The van der Waals surface area contributed by atoms with E-state index in [0.717, 1.165) is 12.2 Å². The van der Waals surface area contributed by atoms with Crippen LogP contribution in [0, 0.1) is 20.8 Å². The molecule has 0 aliphatic carbocycles. The molecular formula is C13H18N2S2. The molecule has 2 aromatic heterocycles. The van der Waals surface area contributed by atoms with Crippen molar-refractivity contribution >= 4 is 22.7 Å². The third-order valence-corrected chi connectivity index (χ3v) is 4.88. The predicted molar refractivity (Wildman–Crippen MR) is 75.9 cm³/mol. The fourth-order valence-corrected chi connectivity index (χ4v) is 3.68. The van der Waals surface area contributed by atoms with Gasteiger partial charge in [-0.1, -0.05) is 0 Å². The van der Waals surface area contributed by atoms with E-state index in [-0.39, 0.29) is 0 Å². The van der Waals surface area contributed by atoms with Crippen LogP contribution in [0.15, 0.2) is 11.6 Å². The van der Waals surface area contributed by atoms with Crippen molar-refractivity contribution in [2.24, 2.45) is 0 Å². The van der Waals surface area contributed by atoms with Crippen LogP contribution in [0.2, 0.25) is 0 Å². The molecular weight excluding hydrogens is 248 g/mol. The first-order valence-electron chi connectivity index (χ1n) is 5.77. The fraction of sp³-hybridized carbons (Fsp3) is 0.462. The molecule has 0 bridgehead atoms. The van der Waals surface area contributed by atoms with Gasteiger partial charge >= 0.3 is 0 Å². The van der Waals surface area contributed by atoms with Gasteiger partial charge in [0.2, 0.25) is 0 Å². The zero-order chi connectivity index (χ0) is 12.4. The SMILES string of the molecule is Cc1cc(C(C)NCc2scnc2C)c(C)s1. The number of aryl methyl sites for hydroxylation is 3. The number of aromatic nitrogens is 1. The van der Waals surface area contributed by atoms with Crippen molar-refractivity contribution in [1.29, 1.82) is 0 Å². The van der Waals surface area contributed by atoms with Crippen LogP contribution in [0.4, 0.5) is 0 Å². The van der Waals surface area contributed by atoms with E-state index >= 15 is 0 Å². The lowest BCUT2D eigenvalue weighted by Gasteiger charge is -2.13. The monoisotopic (exact) mass is 266 g/mol. The average molecular weight is 266 g/mol. The highest BCUT2D eigenvalue weighted by Crippen LogP contribution is 2.26. The summed E-state index contributed by atoms with van der Waals surface area (Å²) < 4.78 is 0. The van der Waals surface area contributed by atoms with Crippen molar-refractivity contribution in [2.45, 2.75) is 40.3 Å². The minimum Gasteiger partial charge on any atom is -0.305 e. The van der Waals surface area contributed by atoms with Crippen molar-refractivity contribution in [3.63, 3.8) is 0 Å². The molecule has 1 N–H and O–H groups in total. The van der Waals surface area contributed by atoms with Crippen LogP contribution in [-0.2, 0) is 6.54 Å². The van der Waals surface area contributed by atoms with Crippen molar-refractivity contribution < 1.29 is 0 Å². The number of nitrogens with one attached hydrogen (secondary N) is 1. The van der Waals surface area contributed by atoms with Gasteiger partial charge in [0.25, 0.3) is 0 Å². The summed E-state index contributed by atoms with van der Waals surface area (Å²) in [5, 5.41) is 3.57. The molecule has 1 unspecified atom stereocenters. The average Bonchev–Trinajstić information content (AvgIpc) is 2.81. The highest BCUT2D eigenvalue weighted by atomic mass is 32.1. The minimum absolute atomic E-state index is 0.404. The van der Waals surface area contributed by atoms with Gasteiger partial charge in [-0.25, -0.2) is 4.98 Å². The Balaban J connectivity index is 2.00. The molecule has 0 fully saturated rings. The highest BCUT2D eigenvalue weighted by molar-refractivity contribution is 7.12. The van der Waals surface area contributed by atoms with E-state index in [1.54, 1.807) is 11.3 Å². The topological polar surface area (TPSA) is 24.9 Å². The van der Waals surface area contributed by atoms with Gasteiger partial charge in [0, 0.05) is 27.2 Å². The summed E-state index contributed by atoms with van der Waals surface area (Å²) in [4.78, 5) is 8.41. The van der Waals surface area contributed by atoms with E-state index in [1.165, 1.54) is 20.2 Å². The Morgan fingerprint density at radius 3 is 2.65 bits per heavy atom. The van der Waals surface area contributed by atoms with Crippen molar-refractivity contribution in [2.75, 3.05) is 0 Å². The van der Waals surface area contributed by atoms with E-state index in [4.69, 9.17) is 0 Å². The number of nitrogens with zero attached hydrogens (tertiary/aromatic N) is 1. The fourth-order valence-electron chi connectivity index (χ4n) is 1.93. The smallest absolute Gasteiger partial charge is 0.0798 e. The molecule has 0 aliphatic rings. The lowest BCUT2D eigenvalue weighted by atomic mass is 10.1. The molecule has 0 amide bonds. The van der Waals surface area contributed by atoms with E-state index in [0.29, 0.717) is 6.04 Å². The molecule has 0 radical (unpaired) electrons. The van der Waals surface area contributed by atoms with Gasteiger partial charge in [-0.15, -0.1) is 22.7 Å². The van der Waals surface area contributed by atoms with Crippen molar-refractivity contribution in [3.8, 4) is 0 Å². The van der Waals surface area contributed by atoms with E-state index in [1.807, 2.05) is 16.8 Å². The second-order valence-corrected chi connectivity index (χ2v) is 6.73. The van der Waals surface area contributed by atoms with Crippen molar-refractivity contribution in [1.82, 2.24) is 10.3 Å². The molecule has 92 valence electrons. The number of hydrogen-bond acceptors (Lipinski definition) is 4. The lowest BCUT2D eigenvalue weighted by molar-refractivity contribution is 0.576. The maximum Gasteiger partial charge on any atom is 0.0798 e. The second-order valence-electron chi connectivity index (χ2n) is 4.33. The van der Waals surface area contributed by atoms with Crippen LogP contribution in [0.5, 0.6) is 0 Å². The summed E-state index contributed by atoms with van der Waals surface area (Å²) in [5.74, 6) is 0. The van der Waals surface area contributed by atoms with Crippen LogP contribution in [0.3, 0.4) is 0 Å². The highest BCUT2D eigenvalue weighted by Gasteiger charge is 2.11. The molecule has 0 aliphatic heterocycles. The number of rotatable bonds is 4. The second kappa shape index (κ2) is 5.29.